The summed E-state index contributed by atoms with van der Waals surface area (Å²) in [5.41, 5.74) is 4.71. The number of rotatable bonds is 4. The summed E-state index contributed by atoms with van der Waals surface area (Å²) in [5, 5.41) is 3.84. The highest BCUT2D eigenvalue weighted by molar-refractivity contribution is 6.05. The second-order valence-electron chi connectivity index (χ2n) is 9.56. The summed E-state index contributed by atoms with van der Waals surface area (Å²) >= 11 is 0. The largest absolute Gasteiger partial charge is 0.352 e. The highest BCUT2D eigenvalue weighted by atomic mass is 16.2. The molecule has 0 spiro atoms. The zero-order valence-corrected chi connectivity index (χ0v) is 20.9. The van der Waals surface area contributed by atoms with Crippen LogP contribution in [0.2, 0.25) is 0 Å². The number of anilines is 2. The van der Waals surface area contributed by atoms with E-state index >= 15 is 0 Å². The zero-order valence-electron chi connectivity index (χ0n) is 20.9. The summed E-state index contributed by atoms with van der Waals surface area (Å²) in [7, 11) is 0. The van der Waals surface area contributed by atoms with Crippen LogP contribution in [0.1, 0.15) is 38.1 Å². The molecule has 1 aliphatic rings. The van der Waals surface area contributed by atoms with Crippen molar-refractivity contribution in [3.8, 4) is 11.3 Å². The zero-order chi connectivity index (χ0) is 25.4. The van der Waals surface area contributed by atoms with Gasteiger partial charge in [-0.15, -0.1) is 0 Å². The lowest BCUT2D eigenvalue weighted by molar-refractivity contribution is -0.133. The van der Waals surface area contributed by atoms with Crippen LogP contribution in [0.3, 0.4) is 0 Å². The first-order chi connectivity index (χ1) is 17.3. The first-order valence-corrected chi connectivity index (χ1v) is 12.2. The SMILES string of the molecule is CC(=O)N1[C@H](C)CN(c2cccc(-c3c[nH]c4ncc(NC(=O)c5cccc(C)c5)cc34)n2)C[C@@H]1C.[HH]. The Hall–Kier alpha value is -4.20. The average molecular weight is 485 g/mol. The minimum atomic E-state index is -0.176. The molecule has 0 bridgehead atoms. The third-order valence-corrected chi connectivity index (χ3v) is 6.69. The second-order valence-corrected chi connectivity index (χ2v) is 9.56. The van der Waals surface area contributed by atoms with Crippen LogP contribution >= 0.6 is 0 Å². The van der Waals surface area contributed by atoms with Gasteiger partial charge in [0.2, 0.25) is 5.91 Å². The van der Waals surface area contributed by atoms with Gasteiger partial charge < -0.3 is 20.1 Å². The van der Waals surface area contributed by atoms with Crippen molar-refractivity contribution in [2.45, 2.75) is 39.8 Å². The Morgan fingerprint density at radius 1 is 1.08 bits per heavy atom. The number of nitrogens with one attached hydrogen (secondary N) is 2. The number of fused-ring (bicyclic) bond motifs is 1. The topological polar surface area (TPSA) is 94.2 Å². The molecular formula is C28H32N6O2. The number of carbonyl (C=O) groups is 2. The molecule has 2 N–H and O–H groups in total. The van der Waals surface area contributed by atoms with Gasteiger partial charge in [-0.05, 0) is 51.1 Å². The molecule has 1 aromatic carbocycles. The normalized spacial score (nSPS) is 17.9. The quantitative estimate of drug-likeness (QED) is 0.431. The molecule has 1 aliphatic heterocycles. The van der Waals surface area contributed by atoms with Crippen LogP contribution in [0.25, 0.3) is 22.3 Å². The van der Waals surface area contributed by atoms with E-state index in [9.17, 15) is 9.59 Å². The Kier molecular flexibility index (Phi) is 6.18. The minimum absolute atomic E-state index is 0. The number of aromatic amines is 1. The maximum atomic E-state index is 12.7. The fourth-order valence-electron chi connectivity index (χ4n) is 5.15. The van der Waals surface area contributed by atoms with E-state index in [1.807, 2.05) is 60.5 Å². The monoisotopic (exact) mass is 484 g/mol. The molecule has 1 saturated heterocycles. The molecule has 3 aromatic heterocycles. The molecule has 5 rings (SSSR count). The van der Waals surface area contributed by atoms with Gasteiger partial charge in [0.1, 0.15) is 11.5 Å². The van der Waals surface area contributed by atoms with Crippen LogP contribution in [0.4, 0.5) is 11.5 Å². The van der Waals surface area contributed by atoms with E-state index in [0.717, 1.165) is 46.8 Å². The van der Waals surface area contributed by atoms with E-state index in [2.05, 4.69) is 34.0 Å². The Morgan fingerprint density at radius 3 is 2.56 bits per heavy atom. The summed E-state index contributed by atoms with van der Waals surface area (Å²) in [5.74, 6) is 0.804. The number of nitrogens with zero attached hydrogens (tertiary/aromatic N) is 4. The van der Waals surface area contributed by atoms with Crippen molar-refractivity contribution in [3.05, 3.63) is 72.1 Å². The molecule has 0 saturated carbocycles. The first kappa shape index (κ1) is 23.5. The number of pyridine rings is 2. The Balaban J connectivity index is 0.00000320. The lowest BCUT2D eigenvalue weighted by atomic mass is 10.1. The van der Waals surface area contributed by atoms with Crippen LogP contribution in [0.15, 0.2) is 60.9 Å². The molecule has 0 unspecified atom stereocenters. The van der Waals surface area contributed by atoms with Gasteiger partial charge in [0, 0.05) is 56.2 Å². The van der Waals surface area contributed by atoms with Crippen molar-refractivity contribution >= 4 is 34.4 Å². The highest BCUT2D eigenvalue weighted by Crippen LogP contribution is 2.30. The number of H-pyrrole nitrogens is 1. The molecule has 1 fully saturated rings. The Morgan fingerprint density at radius 2 is 1.83 bits per heavy atom. The third kappa shape index (κ3) is 4.54. The fourth-order valence-corrected chi connectivity index (χ4v) is 5.15. The average Bonchev–Trinajstić information content (AvgIpc) is 3.27. The number of hydrogen-bond acceptors (Lipinski definition) is 5. The number of aryl methyl sites for hydroxylation is 1. The molecule has 8 heteroatoms. The second kappa shape index (κ2) is 9.45. The Labute approximate surface area is 211 Å². The van der Waals surface area contributed by atoms with E-state index in [1.54, 1.807) is 19.2 Å². The lowest BCUT2D eigenvalue weighted by Crippen LogP contribution is -2.58. The van der Waals surface area contributed by atoms with Crippen LogP contribution < -0.4 is 10.2 Å². The Bertz CT molecular complexity index is 1440. The number of benzene rings is 1. The van der Waals surface area contributed by atoms with Crippen molar-refractivity contribution in [1.82, 2.24) is 19.9 Å². The molecular weight excluding hydrogens is 452 g/mol. The standard InChI is InChI=1S/C28H30N6O2.H2/c1-17-7-5-8-21(11-17)28(36)31-22-12-23-24(14-30-27(23)29-13-22)25-9-6-10-26(32-25)33-15-18(2)34(20(4)35)19(3)16-33;/h5-14,18-19H,15-16H2,1-4H3,(H,29,30)(H,31,36);1H/t18-,19+;. The number of carbonyl (C=O) groups excluding carboxylic acids is 2. The molecule has 0 radical (unpaired) electrons. The van der Waals surface area contributed by atoms with Gasteiger partial charge in [0.15, 0.2) is 0 Å². The van der Waals surface area contributed by atoms with Crippen LogP contribution in [-0.4, -0.2) is 56.8 Å². The molecule has 0 aliphatic carbocycles. The molecule has 4 heterocycles. The van der Waals surface area contributed by atoms with Gasteiger partial charge in [0.05, 0.1) is 17.6 Å². The maximum Gasteiger partial charge on any atom is 0.255 e. The summed E-state index contributed by atoms with van der Waals surface area (Å²) in [6.45, 7) is 9.19. The molecule has 2 amide bonds. The fraction of sp³-hybridized carbons (Fsp3) is 0.286. The van der Waals surface area contributed by atoms with Gasteiger partial charge in [-0.2, -0.15) is 0 Å². The van der Waals surface area contributed by atoms with Crippen molar-refractivity contribution in [2.24, 2.45) is 0 Å². The summed E-state index contributed by atoms with van der Waals surface area (Å²) < 4.78 is 0. The summed E-state index contributed by atoms with van der Waals surface area (Å²) in [6, 6.07) is 15.6. The van der Waals surface area contributed by atoms with Gasteiger partial charge in [0.25, 0.3) is 5.91 Å². The van der Waals surface area contributed by atoms with Crippen molar-refractivity contribution in [2.75, 3.05) is 23.3 Å². The predicted molar refractivity (Wildman–Crippen MR) is 144 cm³/mol. The van der Waals surface area contributed by atoms with Crippen molar-refractivity contribution in [1.29, 1.82) is 0 Å². The first-order valence-electron chi connectivity index (χ1n) is 12.2. The molecule has 2 atom stereocenters. The van der Waals surface area contributed by atoms with Crippen LogP contribution in [-0.2, 0) is 4.79 Å². The van der Waals surface area contributed by atoms with Crippen molar-refractivity contribution < 1.29 is 11.0 Å². The number of hydrogen-bond donors (Lipinski definition) is 2. The van der Waals surface area contributed by atoms with E-state index in [1.165, 1.54) is 0 Å². The van der Waals surface area contributed by atoms with E-state index in [-0.39, 0.29) is 25.3 Å². The third-order valence-electron chi connectivity index (χ3n) is 6.69. The van der Waals surface area contributed by atoms with Crippen LogP contribution in [0.5, 0.6) is 0 Å². The van der Waals surface area contributed by atoms with E-state index in [4.69, 9.17) is 4.98 Å². The molecule has 36 heavy (non-hydrogen) atoms. The molecule has 4 aromatic rings. The summed E-state index contributed by atoms with van der Waals surface area (Å²) in [6.07, 6.45) is 3.55. The van der Waals surface area contributed by atoms with Gasteiger partial charge in [-0.1, -0.05) is 23.8 Å². The minimum Gasteiger partial charge on any atom is -0.352 e. The van der Waals surface area contributed by atoms with E-state index in [0.29, 0.717) is 11.3 Å². The molecule has 8 nitrogen and oxygen atoms in total. The van der Waals surface area contributed by atoms with Crippen LogP contribution in [0, 0.1) is 6.92 Å². The maximum absolute atomic E-state index is 12.7. The number of piperazine rings is 1. The van der Waals surface area contributed by atoms with Gasteiger partial charge >= 0.3 is 0 Å². The predicted octanol–water partition coefficient (Wildman–Crippen LogP) is 4.88. The smallest absolute Gasteiger partial charge is 0.255 e. The summed E-state index contributed by atoms with van der Waals surface area (Å²) in [4.78, 5) is 41.6. The lowest BCUT2D eigenvalue weighted by Gasteiger charge is -2.44. The number of amides is 2. The number of aromatic nitrogens is 3. The van der Waals surface area contributed by atoms with Crippen molar-refractivity contribution in [3.63, 3.8) is 0 Å². The van der Waals surface area contributed by atoms with E-state index < -0.39 is 0 Å². The highest BCUT2D eigenvalue weighted by Gasteiger charge is 2.31. The molecule has 186 valence electrons. The van der Waals surface area contributed by atoms with Gasteiger partial charge in [-0.25, -0.2) is 9.97 Å². The van der Waals surface area contributed by atoms with Gasteiger partial charge in [-0.3, -0.25) is 9.59 Å².